The standard InChI is InChI=1S/C39H74O5/c1-4-7-10-13-15-16-17-18-19-20-21-22-23-25-28-31-34-42-35-37(44-39(41)33-30-26-12-9-6-3)36-43-38(40)32-29-27-24-14-11-8-5-2/h18-19,37H,4-17,20-36H2,1-3H3/b19-18-. The van der Waals surface area contributed by atoms with Gasteiger partial charge in [-0.25, -0.2) is 0 Å². The van der Waals surface area contributed by atoms with Crippen LogP contribution in [0, 0.1) is 0 Å². The molecule has 0 amide bonds. The number of rotatable bonds is 35. The molecule has 0 radical (unpaired) electrons. The molecule has 0 saturated carbocycles. The molecule has 5 nitrogen and oxygen atoms in total. The molecule has 44 heavy (non-hydrogen) atoms. The van der Waals surface area contributed by atoms with Gasteiger partial charge in [0.1, 0.15) is 6.61 Å². The van der Waals surface area contributed by atoms with Crippen molar-refractivity contribution in [3.05, 3.63) is 12.2 Å². The van der Waals surface area contributed by atoms with Crippen molar-refractivity contribution in [1.29, 1.82) is 0 Å². The van der Waals surface area contributed by atoms with Crippen molar-refractivity contribution in [2.24, 2.45) is 0 Å². The summed E-state index contributed by atoms with van der Waals surface area (Å²) < 4.78 is 17.0. The molecule has 0 rings (SSSR count). The van der Waals surface area contributed by atoms with Gasteiger partial charge in [0.05, 0.1) is 6.61 Å². The van der Waals surface area contributed by atoms with E-state index in [0.717, 1.165) is 44.9 Å². The summed E-state index contributed by atoms with van der Waals surface area (Å²) in [5.74, 6) is -0.414. The van der Waals surface area contributed by atoms with Crippen LogP contribution < -0.4 is 0 Å². The van der Waals surface area contributed by atoms with Crippen LogP contribution in [0.2, 0.25) is 0 Å². The molecular weight excluding hydrogens is 548 g/mol. The van der Waals surface area contributed by atoms with Gasteiger partial charge in [-0.1, -0.05) is 155 Å². The van der Waals surface area contributed by atoms with Gasteiger partial charge in [0.25, 0.3) is 0 Å². The minimum atomic E-state index is -0.523. The number of carbonyl (C=O) groups is 2. The van der Waals surface area contributed by atoms with Crippen LogP contribution >= 0.6 is 0 Å². The van der Waals surface area contributed by atoms with Crippen LogP contribution in [-0.2, 0) is 23.8 Å². The molecule has 0 aromatic carbocycles. The number of carbonyl (C=O) groups excluding carboxylic acids is 2. The maximum absolute atomic E-state index is 12.4. The number of hydrogen-bond donors (Lipinski definition) is 0. The zero-order valence-electron chi connectivity index (χ0n) is 29.7. The summed E-state index contributed by atoms with van der Waals surface area (Å²) in [7, 11) is 0. The molecule has 0 bridgehead atoms. The summed E-state index contributed by atoms with van der Waals surface area (Å²) in [5.41, 5.74) is 0. The number of allylic oxidation sites excluding steroid dienone is 2. The fourth-order valence-electron chi connectivity index (χ4n) is 5.38. The third kappa shape index (κ3) is 33.5. The SMILES string of the molecule is CCCCCCCC/C=C\CCCCCCCCOCC(COC(=O)CCCCCCCCC)OC(=O)CCCCCCC. The molecule has 0 saturated heterocycles. The van der Waals surface area contributed by atoms with Crippen molar-refractivity contribution < 1.29 is 23.8 Å². The van der Waals surface area contributed by atoms with Gasteiger partial charge in [0, 0.05) is 19.4 Å². The molecule has 1 atom stereocenters. The minimum Gasteiger partial charge on any atom is -0.462 e. The first-order chi connectivity index (χ1) is 21.6. The molecule has 0 fully saturated rings. The highest BCUT2D eigenvalue weighted by molar-refractivity contribution is 5.70. The fourth-order valence-corrected chi connectivity index (χ4v) is 5.38. The van der Waals surface area contributed by atoms with E-state index in [1.54, 1.807) is 0 Å². The van der Waals surface area contributed by atoms with E-state index in [-0.39, 0.29) is 25.2 Å². The second-order valence-corrected chi connectivity index (χ2v) is 12.8. The lowest BCUT2D eigenvalue weighted by Crippen LogP contribution is -2.30. The Morgan fingerprint density at radius 2 is 0.886 bits per heavy atom. The number of unbranched alkanes of at least 4 members (excludes halogenated alkanes) is 22. The number of ether oxygens (including phenoxy) is 3. The van der Waals surface area contributed by atoms with Crippen molar-refractivity contribution in [2.75, 3.05) is 19.8 Å². The molecule has 0 aliphatic carbocycles. The monoisotopic (exact) mass is 623 g/mol. The van der Waals surface area contributed by atoms with Gasteiger partial charge in [-0.05, 0) is 44.9 Å². The summed E-state index contributed by atoms with van der Waals surface area (Å²) in [6.45, 7) is 7.71. The van der Waals surface area contributed by atoms with E-state index in [2.05, 4.69) is 32.9 Å². The first-order valence-corrected chi connectivity index (χ1v) is 19.2. The Balaban J connectivity index is 4.03. The lowest BCUT2D eigenvalue weighted by Gasteiger charge is -2.18. The van der Waals surface area contributed by atoms with E-state index >= 15 is 0 Å². The van der Waals surface area contributed by atoms with E-state index in [9.17, 15) is 9.59 Å². The van der Waals surface area contributed by atoms with Crippen LogP contribution in [0.15, 0.2) is 12.2 Å². The highest BCUT2D eigenvalue weighted by Crippen LogP contribution is 2.12. The highest BCUT2D eigenvalue weighted by Gasteiger charge is 2.17. The van der Waals surface area contributed by atoms with Crippen LogP contribution in [0.3, 0.4) is 0 Å². The molecule has 0 aromatic heterocycles. The summed E-state index contributed by atoms with van der Waals surface area (Å²) in [6.07, 6.45) is 36.6. The van der Waals surface area contributed by atoms with Crippen LogP contribution in [0.5, 0.6) is 0 Å². The summed E-state index contributed by atoms with van der Waals surface area (Å²) in [6, 6.07) is 0. The van der Waals surface area contributed by atoms with Gasteiger partial charge in [-0.3, -0.25) is 9.59 Å². The van der Waals surface area contributed by atoms with Crippen LogP contribution in [0.1, 0.15) is 201 Å². The third-order valence-corrected chi connectivity index (χ3v) is 8.30. The maximum Gasteiger partial charge on any atom is 0.306 e. The zero-order valence-corrected chi connectivity index (χ0v) is 29.7. The van der Waals surface area contributed by atoms with Gasteiger partial charge in [-0.15, -0.1) is 0 Å². The normalized spacial score (nSPS) is 12.2. The Morgan fingerprint density at radius 3 is 1.39 bits per heavy atom. The maximum atomic E-state index is 12.4. The average Bonchev–Trinajstić information content (AvgIpc) is 3.02. The van der Waals surface area contributed by atoms with Crippen LogP contribution in [0.25, 0.3) is 0 Å². The van der Waals surface area contributed by atoms with Gasteiger partial charge in [0.2, 0.25) is 0 Å². The van der Waals surface area contributed by atoms with Gasteiger partial charge in [-0.2, -0.15) is 0 Å². The van der Waals surface area contributed by atoms with Crippen molar-refractivity contribution in [3.8, 4) is 0 Å². The summed E-state index contributed by atoms with van der Waals surface area (Å²) in [4.78, 5) is 24.7. The molecule has 0 aliphatic rings. The van der Waals surface area contributed by atoms with Gasteiger partial charge >= 0.3 is 11.9 Å². The molecule has 0 aromatic rings. The zero-order chi connectivity index (χ0) is 32.2. The Morgan fingerprint density at radius 1 is 0.477 bits per heavy atom. The van der Waals surface area contributed by atoms with E-state index in [1.165, 1.54) is 122 Å². The van der Waals surface area contributed by atoms with Crippen molar-refractivity contribution in [3.63, 3.8) is 0 Å². The smallest absolute Gasteiger partial charge is 0.306 e. The van der Waals surface area contributed by atoms with E-state index in [1.807, 2.05) is 0 Å². The summed E-state index contributed by atoms with van der Waals surface area (Å²) >= 11 is 0. The van der Waals surface area contributed by atoms with Crippen molar-refractivity contribution in [1.82, 2.24) is 0 Å². The predicted octanol–water partition coefficient (Wildman–Crippen LogP) is 12.0. The van der Waals surface area contributed by atoms with E-state index in [4.69, 9.17) is 14.2 Å². The quantitative estimate of drug-likeness (QED) is 0.0400. The largest absolute Gasteiger partial charge is 0.462 e. The topological polar surface area (TPSA) is 61.8 Å². The Kier molecular flexibility index (Phi) is 35.0. The Hall–Kier alpha value is -1.36. The van der Waals surface area contributed by atoms with E-state index < -0.39 is 6.10 Å². The molecule has 260 valence electrons. The van der Waals surface area contributed by atoms with Gasteiger partial charge in [0.15, 0.2) is 6.10 Å². The Labute approximate surface area is 274 Å². The Bertz CT molecular complexity index is 632. The first-order valence-electron chi connectivity index (χ1n) is 19.2. The number of esters is 2. The molecule has 0 heterocycles. The van der Waals surface area contributed by atoms with Crippen molar-refractivity contribution in [2.45, 2.75) is 207 Å². The van der Waals surface area contributed by atoms with E-state index in [0.29, 0.717) is 19.4 Å². The lowest BCUT2D eigenvalue weighted by molar-refractivity contribution is -0.163. The van der Waals surface area contributed by atoms with Crippen LogP contribution in [-0.4, -0.2) is 37.9 Å². The highest BCUT2D eigenvalue weighted by atomic mass is 16.6. The third-order valence-electron chi connectivity index (χ3n) is 8.30. The fraction of sp³-hybridized carbons (Fsp3) is 0.897. The predicted molar refractivity (Wildman–Crippen MR) is 187 cm³/mol. The lowest BCUT2D eigenvalue weighted by atomic mass is 10.1. The average molecular weight is 623 g/mol. The van der Waals surface area contributed by atoms with Gasteiger partial charge < -0.3 is 14.2 Å². The molecule has 0 spiro atoms. The molecule has 0 N–H and O–H groups in total. The minimum absolute atomic E-state index is 0.0876. The molecule has 1 unspecified atom stereocenters. The molecule has 0 aliphatic heterocycles. The second-order valence-electron chi connectivity index (χ2n) is 12.8. The first kappa shape index (κ1) is 42.6. The molecular formula is C39H74O5. The summed E-state index contributed by atoms with van der Waals surface area (Å²) in [5, 5.41) is 0. The van der Waals surface area contributed by atoms with Crippen molar-refractivity contribution >= 4 is 11.9 Å². The number of hydrogen-bond acceptors (Lipinski definition) is 5. The van der Waals surface area contributed by atoms with Crippen LogP contribution in [0.4, 0.5) is 0 Å². The second kappa shape index (κ2) is 36.1. The molecule has 5 heteroatoms.